The van der Waals surface area contributed by atoms with E-state index in [2.05, 4.69) is 5.32 Å². The maximum absolute atomic E-state index is 12.0. The molecule has 1 N–H and O–H groups in total. The van der Waals surface area contributed by atoms with Gasteiger partial charge in [-0.05, 0) is 30.7 Å². The molecule has 0 saturated carbocycles. The first-order valence-electron chi connectivity index (χ1n) is 5.80. The maximum atomic E-state index is 12.0. The molecule has 0 fully saturated rings. The predicted molar refractivity (Wildman–Crippen MR) is 72.6 cm³/mol. The Hall–Kier alpha value is -1.94. The number of carbonyl (C=O) groups is 1. The number of furan rings is 1. The summed E-state index contributed by atoms with van der Waals surface area (Å²) in [6, 6.07) is 8.86. The molecule has 2 aromatic rings. The minimum atomic E-state index is -0.280. The van der Waals surface area contributed by atoms with E-state index in [4.69, 9.17) is 20.8 Å². The van der Waals surface area contributed by atoms with Crippen LogP contribution < -0.4 is 10.1 Å². The molecule has 0 aliphatic heterocycles. The van der Waals surface area contributed by atoms with Crippen LogP contribution in [0.5, 0.6) is 5.75 Å². The molecule has 2 rings (SSSR count). The summed E-state index contributed by atoms with van der Waals surface area (Å²) >= 11 is 5.77. The van der Waals surface area contributed by atoms with E-state index in [1.807, 2.05) is 31.2 Å². The minimum Gasteiger partial charge on any atom is -0.496 e. The van der Waals surface area contributed by atoms with Gasteiger partial charge in [-0.2, -0.15) is 0 Å². The van der Waals surface area contributed by atoms with Crippen molar-refractivity contribution in [2.75, 3.05) is 7.11 Å². The Morgan fingerprint density at radius 3 is 2.74 bits per heavy atom. The quantitative estimate of drug-likeness (QED) is 0.933. The lowest BCUT2D eigenvalue weighted by Gasteiger charge is -2.16. The Bertz CT molecular complexity index is 580. The average Bonchev–Trinajstić information content (AvgIpc) is 2.85. The number of para-hydroxylation sites is 1. The number of hydrogen-bond acceptors (Lipinski definition) is 3. The highest BCUT2D eigenvalue weighted by atomic mass is 35.5. The summed E-state index contributed by atoms with van der Waals surface area (Å²) in [5, 5.41) is 2.94. The van der Waals surface area contributed by atoms with Crippen LogP contribution >= 0.6 is 11.6 Å². The van der Waals surface area contributed by atoms with Gasteiger partial charge in [0.05, 0.1) is 25.0 Å². The number of amides is 1. The van der Waals surface area contributed by atoms with Gasteiger partial charge in [-0.25, -0.2) is 0 Å². The van der Waals surface area contributed by atoms with Crippen molar-refractivity contribution in [1.82, 2.24) is 5.32 Å². The highest BCUT2D eigenvalue weighted by Gasteiger charge is 2.17. The lowest BCUT2D eigenvalue weighted by Crippen LogP contribution is -2.26. The van der Waals surface area contributed by atoms with Crippen LogP contribution in [0.4, 0.5) is 0 Å². The van der Waals surface area contributed by atoms with Crippen molar-refractivity contribution in [3.8, 4) is 5.75 Å². The first-order chi connectivity index (χ1) is 9.13. The summed E-state index contributed by atoms with van der Waals surface area (Å²) < 4.78 is 10.2. The van der Waals surface area contributed by atoms with E-state index in [-0.39, 0.29) is 17.2 Å². The summed E-state index contributed by atoms with van der Waals surface area (Å²) in [6.07, 6.45) is 1.38. The van der Waals surface area contributed by atoms with Crippen LogP contribution in [0.25, 0.3) is 0 Å². The van der Waals surface area contributed by atoms with E-state index in [0.717, 1.165) is 11.3 Å². The number of benzene rings is 1. The Kier molecular flexibility index (Phi) is 4.12. The monoisotopic (exact) mass is 279 g/mol. The molecule has 0 spiro atoms. The fraction of sp³-hybridized carbons (Fsp3) is 0.214. The predicted octanol–water partition coefficient (Wildman–Crippen LogP) is 3.43. The maximum Gasteiger partial charge on any atom is 0.256 e. The number of nitrogens with one attached hydrogen (secondary N) is 1. The average molecular weight is 280 g/mol. The number of carbonyl (C=O) groups excluding carboxylic acids is 1. The zero-order valence-electron chi connectivity index (χ0n) is 10.6. The van der Waals surface area contributed by atoms with Crippen LogP contribution in [0, 0.1) is 0 Å². The highest BCUT2D eigenvalue weighted by Crippen LogP contribution is 2.25. The van der Waals surface area contributed by atoms with Gasteiger partial charge < -0.3 is 14.5 Å². The molecule has 1 unspecified atom stereocenters. The Morgan fingerprint density at radius 2 is 2.11 bits per heavy atom. The SMILES string of the molecule is COc1ccccc1C(C)NC(=O)c1ccoc1Cl. The summed E-state index contributed by atoms with van der Waals surface area (Å²) in [4.78, 5) is 12.0. The van der Waals surface area contributed by atoms with Crippen molar-refractivity contribution in [2.24, 2.45) is 0 Å². The van der Waals surface area contributed by atoms with Gasteiger partial charge in [0.25, 0.3) is 5.91 Å². The van der Waals surface area contributed by atoms with E-state index >= 15 is 0 Å². The molecule has 5 heteroatoms. The third-order valence-corrected chi connectivity index (χ3v) is 3.11. The number of halogens is 1. The largest absolute Gasteiger partial charge is 0.496 e. The number of hydrogen-bond donors (Lipinski definition) is 1. The second kappa shape index (κ2) is 5.80. The lowest BCUT2D eigenvalue weighted by molar-refractivity contribution is 0.0939. The summed E-state index contributed by atoms with van der Waals surface area (Å²) in [7, 11) is 1.60. The second-order valence-electron chi connectivity index (χ2n) is 4.05. The Balaban J connectivity index is 2.15. The Morgan fingerprint density at radius 1 is 1.37 bits per heavy atom. The van der Waals surface area contributed by atoms with E-state index in [1.165, 1.54) is 12.3 Å². The third kappa shape index (κ3) is 2.90. The second-order valence-corrected chi connectivity index (χ2v) is 4.39. The highest BCUT2D eigenvalue weighted by molar-refractivity contribution is 6.32. The van der Waals surface area contributed by atoms with Crippen molar-refractivity contribution >= 4 is 17.5 Å². The van der Waals surface area contributed by atoms with E-state index < -0.39 is 0 Å². The fourth-order valence-corrected chi connectivity index (χ4v) is 2.03. The number of methoxy groups -OCH3 is 1. The third-order valence-electron chi connectivity index (χ3n) is 2.82. The summed E-state index contributed by atoms with van der Waals surface area (Å²) in [5.74, 6) is 0.450. The van der Waals surface area contributed by atoms with Crippen LogP contribution in [0.1, 0.15) is 28.9 Å². The number of rotatable bonds is 4. The lowest BCUT2D eigenvalue weighted by atomic mass is 10.1. The van der Waals surface area contributed by atoms with Crippen molar-refractivity contribution in [1.29, 1.82) is 0 Å². The van der Waals surface area contributed by atoms with Gasteiger partial charge in [-0.1, -0.05) is 18.2 Å². The van der Waals surface area contributed by atoms with Crippen LogP contribution in [-0.4, -0.2) is 13.0 Å². The molecular formula is C14H14ClNO3. The zero-order chi connectivity index (χ0) is 13.8. The van der Waals surface area contributed by atoms with Crippen molar-refractivity contribution < 1.29 is 13.9 Å². The van der Waals surface area contributed by atoms with Gasteiger partial charge >= 0.3 is 0 Å². The Labute approximate surface area is 116 Å². The first-order valence-corrected chi connectivity index (χ1v) is 6.18. The number of ether oxygens (including phenoxy) is 1. The summed E-state index contributed by atoms with van der Waals surface area (Å²) in [6.45, 7) is 1.88. The molecule has 0 aliphatic carbocycles. The van der Waals surface area contributed by atoms with Gasteiger partial charge in [0.2, 0.25) is 5.22 Å². The van der Waals surface area contributed by atoms with Crippen LogP contribution in [0.3, 0.4) is 0 Å². The first kappa shape index (κ1) is 13.5. The normalized spacial score (nSPS) is 11.9. The molecule has 1 atom stereocenters. The standard InChI is InChI=1S/C14H14ClNO3/c1-9(10-5-3-4-6-12(10)18-2)16-14(17)11-7-8-19-13(11)15/h3-9H,1-2H3,(H,16,17). The van der Waals surface area contributed by atoms with Gasteiger partial charge in [0, 0.05) is 5.56 Å². The van der Waals surface area contributed by atoms with Crippen molar-refractivity contribution in [3.63, 3.8) is 0 Å². The van der Waals surface area contributed by atoms with Crippen LogP contribution in [-0.2, 0) is 0 Å². The van der Waals surface area contributed by atoms with Gasteiger partial charge in [-0.3, -0.25) is 4.79 Å². The summed E-state index contributed by atoms with van der Waals surface area (Å²) in [5.41, 5.74) is 1.22. The molecule has 1 heterocycles. The molecule has 0 saturated heterocycles. The van der Waals surface area contributed by atoms with Gasteiger partial charge in [0.1, 0.15) is 5.75 Å². The van der Waals surface area contributed by atoms with Gasteiger partial charge in [-0.15, -0.1) is 0 Å². The molecule has 100 valence electrons. The topological polar surface area (TPSA) is 51.5 Å². The molecule has 1 aromatic heterocycles. The zero-order valence-corrected chi connectivity index (χ0v) is 11.4. The van der Waals surface area contributed by atoms with E-state index in [1.54, 1.807) is 7.11 Å². The molecule has 1 amide bonds. The molecule has 0 radical (unpaired) electrons. The smallest absolute Gasteiger partial charge is 0.256 e. The van der Waals surface area contributed by atoms with Gasteiger partial charge in [0.15, 0.2) is 0 Å². The molecule has 1 aromatic carbocycles. The van der Waals surface area contributed by atoms with Crippen molar-refractivity contribution in [2.45, 2.75) is 13.0 Å². The van der Waals surface area contributed by atoms with E-state index in [0.29, 0.717) is 5.56 Å². The molecule has 0 bridgehead atoms. The van der Waals surface area contributed by atoms with Crippen LogP contribution in [0.15, 0.2) is 41.0 Å². The molecule has 19 heavy (non-hydrogen) atoms. The van der Waals surface area contributed by atoms with E-state index in [9.17, 15) is 4.79 Å². The fourth-order valence-electron chi connectivity index (χ4n) is 1.83. The molecule has 4 nitrogen and oxygen atoms in total. The molecule has 0 aliphatic rings. The molecular weight excluding hydrogens is 266 g/mol. The van der Waals surface area contributed by atoms with Crippen LogP contribution in [0.2, 0.25) is 5.22 Å². The minimum absolute atomic E-state index is 0.0877. The van der Waals surface area contributed by atoms with Crippen molar-refractivity contribution in [3.05, 3.63) is 52.9 Å².